The molecule has 0 saturated heterocycles. The molecule has 1 aromatic heterocycles. The molecule has 1 atom stereocenters. The van der Waals surface area contributed by atoms with Crippen molar-refractivity contribution in [1.82, 2.24) is 14.9 Å². The fourth-order valence-corrected chi connectivity index (χ4v) is 2.00. The number of fused-ring (bicyclic) bond motifs is 1. The van der Waals surface area contributed by atoms with Crippen molar-refractivity contribution in [2.75, 3.05) is 7.05 Å². The zero-order valence-corrected chi connectivity index (χ0v) is 8.38. The van der Waals surface area contributed by atoms with Gasteiger partial charge in [0, 0.05) is 18.4 Å². The summed E-state index contributed by atoms with van der Waals surface area (Å²) in [6.07, 6.45) is 4.51. The average Bonchev–Trinajstić information content (AvgIpc) is 2.49. The predicted octanol–water partition coefficient (Wildman–Crippen LogP) is 1.18. The Morgan fingerprint density at radius 3 is 3.31 bits per heavy atom. The molecule has 0 amide bonds. The molecular formula is C10H17N3. The molecule has 0 aromatic carbocycles. The molecule has 0 fully saturated rings. The van der Waals surface area contributed by atoms with E-state index in [1.165, 1.54) is 24.4 Å². The van der Waals surface area contributed by atoms with Crippen LogP contribution in [-0.2, 0) is 19.5 Å². The van der Waals surface area contributed by atoms with Crippen LogP contribution in [-0.4, -0.2) is 16.6 Å². The summed E-state index contributed by atoms with van der Waals surface area (Å²) >= 11 is 0. The standard InChI is InChI=1S/C10H17N3/c1-8-3-4-13-9(5-8)6-12-10(13)7-11-2/h6,8,11H,3-5,7H2,1-2H3. The van der Waals surface area contributed by atoms with Crippen LogP contribution in [0.25, 0.3) is 0 Å². The molecule has 0 spiro atoms. The number of hydrogen-bond donors (Lipinski definition) is 1. The highest BCUT2D eigenvalue weighted by atomic mass is 15.1. The Morgan fingerprint density at radius 2 is 2.54 bits per heavy atom. The summed E-state index contributed by atoms with van der Waals surface area (Å²) in [7, 11) is 1.97. The Bertz CT molecular complexity index is 277. The van der Waals surface area contributed by atoms with Gasteiger partial charge in [0.25, 0.3) is 0 Å². The van der Waals surface area contributed by atoms with E-state index >= 15 is 0 Å². The Hall–Kier alpha value is -0.830. The van der Waals surface area contributed by atoms with E-state index in [0.717, 1.165) is 19.0 Å². The quantitative estimate of drug-likeness (QED) is 0.739. The topological polar surface area (TPSA) is 29.9 Å². The van der Waals surface area contributed by atoms with Crippen LogP contribution in [0.4, 0.5) is 0 Å². The Labute approximate surface area is 79.2 Å². The minimum absolute atomic E-state index is 0.826. The highest BCUT2D eigenvalue weighted by Gasteiger charge is 2.17. The molecule has 72 valence electrons. The number of imidazole rings is 1. The number of rotatable bonds is 2. The summed E-state index contributed by atoms with van der Waals surface area (Å²) in [6, 6.07) is 0. The van der Waals surface area contributed by atoms with Crippen molar-refractivity contribution >= 4 is 0 Å². The number of nitrogens with zero attached hydrogens (tertiary/aromatic N) is 2. The Kier molecular flexibility index (Phi) is 2.36. The zero-order valence-electron chi connectivity index (χ0n) is 8.38. The second kappa shape index (κ2) is 3.50. The van der Waals surface area contributed by atoms with E-state index in [2.05, 4.69) is 21.8 Å². The fraction of sp³-hybridized carbons (Fsp3) is 0.700. The molecule has 1 aliphatic heterocycles. The molecule has 0 saturated carbocycles. The van der Waals surface area contributed by atoms with Gasteiger partial charge in [0.15, 0.2) is 0 Å². The third-order valence-corrected chi connectivity index (χ3v) is 2.76. The molecule has 2 rings (SSSR count). The van der Waals surface area contributed by atoms with Crippen LogP contribution >= 0.6 is 0 Å². The predicted molar refractivity (Wildman–Crippen MR) is 52.5 cm³/mol. The molecule has 1 aromatic rings. The van der Waals surface area contributed by atoms with Gasteiger partial charge in [-0.1, -0.05) is 6.92 Å². The number of nitrogens with one attached hydrogen (secondary N) is 1. The second-order valence-corrected chi connectivity index (χ2v) is 3.95. The largest absolute Gasteiger partial charge is 0.331 e. The van der Waals surface area contributed by atoms with Gasteiger partial charge in [-0.15, -0.1) is 0 Å². The lowest BCUT2D eigenvalue weighted by atomic mass is 9.99. The van der Waals surface area contributed by atoms with Crippen LogP contribution in [0.2, 0.25) is 0 Å². The van der Waals surface area contributed by atoms with Gasteiger partial charge >= 0.3 is 0 Å². The van der Waals surface area contributed by atoms with Gasteiger partial charge in [-0.25, -0.2) is 4.98 Å². The van der Waals surface area contributed by atoms with Crippen molar-refractivity contribution in [2.24, 2.45) is 5.92 Å². The molecule has 1 unspecified atom stereocenters. The fourth-order valence-electron chi connectivity index (χ4n) is 2.00. The lowest BCUT2D eigenvalue weighted by Gasteiger charge is -2.21. The van der Waals surface area contributed by atoms with E-state index in [9.17, 15) is 0 Å². The van der Waals surface area contributed by atoms with Crippen molar-refractivity contribution in [2.45, 2.75) is 32.9 Å². The molecule has 3 nitrogen and oxygen atoms in total. The van der Waals surface area contributed by atoms with Crippen molar-refractivity contribution in [3.8, 4) is 0 Å². The van der Waals surface area contributed by atoms with Crippen LogP contribution < -0.4 is 5.32 Å². The van der Waals surface area contributed by atoms with Crippen molar-refractivity contribution in [1.29, 1.82) is 0 Å². The minimum Gasteiger partial charge on any atom is -0.331 e. The highest BCUT2D eigenvalue weighted by Crippen LogP contribution is 2.20. The minimum atomic E-state index is 0.826. The summed E-state index contributed by atoms with van der Waals surface area (Å²) in [5.74, 6) is 2.01. The molecule has 0 bridgehead atoms. The summed E-state index contributed by atoms with van der Waals surface area (Å²) in [5.41, 5.74) is 1.41. The summed E-state index contributed by atoms with van der Waals surface area (Å²) < 4.78 is 2.36. The third kappa shape index (κ3) is 1.61. The molecule has 0 aliphatic carbocycles. The molecule has 3 heteroatoms. The first-order chi connectivity index (χ1) is 6.31. The molecule has 1 aliphatic rings. The maximum atomic E-state index is 4.42. The smallest absolute Gasteiger partial charge is 0.122 e. The van der Waals surface area contributed by atoms with Gasteiger partial charge in [-0.3, -0.25) is 0 Å². The Balaban J connectivity index is 2.23. The van der Waals surface area contributed by atoms with Crippen LogP contribution in [0.15, 0.2) is 6.20 Å². The molecule has 1 N–H and O–H groups in total. The van der Waals surface area contributed by atoms with E-state index in [1.807, 2.05) is 13.2 Å². The first kappa shape index (κ1) is 8.75. The Morgan fingerprint density at radius 1 is 1.69 bits per heavy atom. The summed E-state index contributed by atoms with van der Waals surface area (Å²) in [6.45, 7) is 4.34. The van der Waals surface area contributed by atoms with Crippen LogP contribution in [0.5, 0.6) is 0 Å². The maximum absolute atomic E-state index is 4.42. The van der Waals surface area contributed by atoms with Crippen LogP contribution in [0.1, 0.15) is 24.9 Å². The van der Waals surface area contributed by atoms with Crippen molar-refractivity contribution in [3.63, 3.8) is 0 Å². The van der Waals surface area contributed by atoms with E-state index in [1.54, 1.807) is 0 Å². The SMILES string of the molecule is CNCc1ncc2n1CCC(C)C2. The maximum Gasteiger partial charge on any atom is 0.122 e. The van der Waals surface area contributed by atoms with E-state index in [4.69, 9.17) is 0 Å². The monoisotopic (exact) mass is 179 g/mol. The second-order valence-electron chi connectivity index (χ2n) is 3.95. The van der Waals surface area contributed by atoms with Crippen molar-refractivity contribution in [3.05, 3.63) is 17.7 Å². The average molecular weight is 179 g/mol. The van der Waals surface area contributed by atoms with Crippen LogP contribution in [0.3, 0.4) is 0 Å². The summed E-state index contributed by atoms with van der Waals surface area (Å²) in [5, 5.41) is 3.15. The highest BCUT2D eigenvalue weighted by molar-refractivity contribution is 5.08. The van der Waals surface area contributed by atoms with E-state index < -0.39 is 0 Å². The van der Waals surface area contributed by atoms with Crippen LogP contribution in [0, 0.1) is 5.92 Å². The van der Waals surface area contributed by atoms with Gasteiger partial charge in [-0.05, 0) is 25.8 Å². The van der Waals surface area contributed by atoms with Gasteiger partial charge in [0.05, 0.1) is 6.54 Å². The van der Waals surface area contributed by atoms with E-state index in [0.29, 0.717) is 0 Å². The number of aromatic nitrogens is 2. The molecule has 2 heterocycles. The molecular weight excluding hydrogens is 162 g/mol. The molecule has 0 radical (unpaired) electrons. The lowest BCUT2D eigenvalue weighted by molar-refractivity contribution is 0.407. The first-order valence-corrected chi connectivity index (χ1v) is 4.99. The van der Waals surface area contributed by atoms with Gasteiger partial charge in [0.2, 0.25) is 0 Å². The molecule has 13 heavy (non-hydrogen) atoms. The van der Waals surface area contributed by atoms with E-state index in [-0.39, 0.29) is 0 Å². The first-order valence-electron chi connectivity index (χ1n) is 4.99. The van der Waals surface area contributed by atoms with Gasteiger partial charge < -0.3 is 9.88 Å². The van der Waals surface area contributed by atoms with Crippen molar-refractivity contribution < 1.29 is 0 Å². The zero-order chi connectivity index (χ0) is 9.26. The lowest BCUT2D eigenvalue weighted by Crippen LogP contribution is -2.20. The number of hydrogen-bond acceptors (Lipinski definition) is 2. The summed E-state index contributed by atoms with van der Waals surface area (Å²) in [4.78, 5) is 4.42. The van der Waals surface area contributed by atoms with Gasteiger partial charge in [0.1, 0.15) is 5.82 Å². The third-order valence-electron chi connectivity index (χ3n) is 2.76. The van der Waals surface area contributed by atoms with Gasteiger partial charge in [-0.2, -0.15) is 0 Å². The normalized spacial score (nSPS) is 21.5.